The molecule has 0 saturated heterocycles. The summed E-state index contributed by atoms with van der Waals surface area (Å²) in [5, 5.41) is 0.330. The summed E-state index contributed by atoms with van der Waals surface area (Å²) < 4.78 is 10.3. The standard InChI is InChI=1S/C15H21N3O4S/c1-2-21-14(20)11-8-17-15(18-13(11)16)23-9-12(19)22-10-6-4-3-5-7-10/h8,10H,2-7,9H2,1H3,(H2,16,17,18). The highest BCUT2D eigenvalue weighted by atomic mass is 32.2. The first-order valence-electron chi connectivity index (χ1n) is 7.72. The lowest BCUT2D eigenvalue weighted by Gasteiger charge is -2.21. The zero-order valence-corrected chi connectivity index (χ0v) is 13.9. The third-order valence-electron chi connectivity index (χ3n) is 3.46. The van der Waals surface area contributed by atoms with Gasteiger partial charge in [0, 0.05) is 6.20 Å². The van der Waals surface area contributed by atoms with Crippen LogP contribution in [0.5, 0.6) is 0 Å². The topological polar surface area (TPSA) is 104 Å². The van der Waals surface area contributed by atoms with Gasteiger partial charge in [-0.2, -0.15) is 0 Å². The fourth-order valence-electron chi connectivity index (χ4n) is 2.34. The summed E-state index contributed by atoms with van der Waals surface area (Å²) in [5.41, 5.74) is 5.85. The van der Waals surface area contributed by atoms with E-state index in [-0.39, 0.29) is 35.8 Å². The monoisotopic (exact) mass is 339 g/mol. The molecule has 0 spiro atoms. The Morgan fingerprint density at radius 2 is 2.09 bits per heavy atom. The molecule has 2 rings (SSSR count). The molecule has 0 bridgehead atoms. The number of anilines is 1. The Morgan fingerprint density at radius 1 is 1.35 bits per heavy atom. The van der Waals surface area contributed by atoms with Crippen molar-refractivity contribution in [3.8, 4) is 0 Å². The number of hydrogen-bond acceptors (Lipinski definition) is 8. The van der Waals surface area contributed by atoms with E-state index in [4.69, 9.17) is 15.2 Å². The van der Waals surface area contributed by atoms with Crippen LogP contribution < -0.4 is 5.73 Å². The van der Waals surface area contributed by atoms with E-state index in [1.807, 2.05) is 0 Å². The van der Waals surface area contributed by atoms with Crippen LogP contribution in [0.2, 0.25) is 0 Å². The number of thioether (sulfide) groups is 1. The van der Waals surface area contributed by atoms with Crippen LogP contribution in [0.3, 0.4) is 0 Å². The number of aromatic nitrogens is 2. The van der Waals surface area contributed by atoms with Gasteiger partial charge in [-0.25, -0.2) is 14.8 Å². The van der Waals surface area contributed by atoms with Crippen LogP contribution >= 0.6 is 11.8 Å². The highest BCUT2D eigenvalue weighted by Gasteiger charge is 2.19. The number of nitrogens with zero attached hydrogens (tertiary/aromatic N) is 2. The van der Waals surface area contributed by atoms with Crippen molar-refractivity contribution in [1.82, 2.24) is 9.97 Å². The van der Waals surface area contributed by atoms with Crippen molar-refractivity contribution in [1.29, 1.82) is 0 Å². The second kappa shape index (κ2) is 8.71. The lowest BCUT2D eigenvalue weighted by molar-refractivity contribution is -0.147. The van der Waals surface area contributed by atoms with Crippen molar-refractivity contribution in [3.05, 3.63) is 11.8 Å². The highest BCUT2D eigenvalue weighted by Crippen LogP contribution is 2.22. The maximum atomic E-state index is 11.8. The average molecular weight is 339 g/mol. The quantitative estimate of drug-likeness (QED) is 0.478. The summed E-state index contributed by atoms with van der Waals surface area (Å²) in [5.74, 6) is -0.673. The van der Waals surface area contributed by atoms with Gasteiger partial charge < -0.3 is 15.2 Å². The largest absolute Gasteiger partial charge is 0.462 e. The summed E-state index contributed by atoms with van der Waals surface area (Å²) in [6.07, 6.45) is 6.66. The fraction of sp³-hybridized carbons (Fsp3) is 0.600. The zero-order chi connectivity index (χ0) is 16.7. The zero-order valence-electron chi connectivity index (χ0n) is 13.1. The SMILES string of the molecule is CCOC(=O)c1cnc(SCC(=O)OC2CCCCC2)nc1N. The molecule has 1 aliphatic carbocycles. The van der Waals surface area contributed by atoms with Crippen molar-refractivity contribution in [2.24, 2.45) is 0 Å². The number of carbonyl (C=O) groups excluding carboxylic acids is 2. The third-order valence-corrected chi connectivity index (χ3v) is 4.30. The first kappa shape index (κ1) is 17.5. The molecule has 0 radical (unpaired) electrons. The van der Waals surface area contributed by atoms with Gasteiger partial charge in [0.05, 0.1) is 12.4 Å². The predicted molar refractivity (Wildman–Crippen MR) is 86.1 cm³/mol. The van der Waals surface area contributed by atoms with Crippen LogP contribution in [0.25, 0.3) is 0 Å². The Labute approximate surface area is 139 Å². The summed E-state index contributed by atoms with van der Waals surface area (Å²) in [6, 6.07) is 0. The second-order valence-electron chi connectivity index (χ2n) is 5.21. The van der Waals surface area contributed by atoms with Crippen molar-refractivity contribution >= 4 is 29.5 Å². The number of carbonyl (C=O) groups is 2. The molecule has 23 heavy (non-hydrogen) atoms. The number of rotatable bonds is 6. The molecule has 0 amide bonds. The van der Waals surface area contributed by atoms with Gasteiger partial charge in [-0.05, 0) is 32.6 Å². The molecule has 1 saturated carbocycles. The van der Waals surface area contributed by atoms with E-state index in [0.717, 1.165) is 37.4 Å². The first-order chi connectivity index (χ1) is 11.1. The van der Waals surface area contributed by atoms with Crippen LogP contribution in [0, 0.1) is 0 Å². The molecule has 0 aromatic carbocycles. The minimum atomic E-state index is -0.557. The Kier molecular flexibility index (Phi) is 6.64. The van der Waals surface area contributed by atoms with E-state index in [1.54, 1.807) is 6.92 Å². The lowest BCUT2D eigenvalue weighted by Crippen LogP contribution is -2.22. The van der Waals surface area contributed by atoms with Crippen LogP contribution in [0.15, 0.2) is 11.4 Å². The molecule has 7 nitrogen and oxygen atoms in total. The predicted octanol–water partition coefficient (Wildman–Crippen LogP) is 2.20. The number of hydrogen-bond donors (Lipinski definition) is 1. The van der Waals surface area contributed by atoms with Gasteiger partial charge in [-0.1, -0.05) is 18.2 Å². The van der Waals surface area contributed by atoms with E-state index < -0.39 is 5.97 Å². The van der Waals surface area contributed by atoms with Crippen LogP contribution in [0.1, 0.15) is 49.4 Å². The molecule has 0 atom stereocenters. The van der Waals surface area contributed by atoms with E-state index in [0.29, 0.717) is 5.16 Å². The molecule has 1 aromatic rings. The molecule has 1 fully saturated rings. The fourth-order valence-corrected chi connectivity index (χ4v) is 2.95. The van der Waals surface area contributed by atoms with Crippen LogP contribution in [0.4, 0.5) is 5.82 Å². The van der Waals surface area contributed by atoms with Gasteiger partial charge in [-0.3, -0.25) is 4.79 Å². The first-order valence-corrected chi connectivity index (χ1v) is 8.70. The second-order valence-corrected chi connectivity index (χ2v) is 6.15. The van der Waals surface area contributed by atoms with Crippen LogP contribution in [-0.4, -0.2) is 40.4 Å². The molecule has 1 aromatic heterocycles. The van der Waals surface area contributed by atoms with E-state index >= 15 is 0 Å². The van der Waals surface area contributed by atoms with Gasteiger partial charge >= 0.3 is 11.9 Å². The maximum absolute atomic E-state index is 11.8. The average Bonchev–Trinajstić information content (AvgIpc) is 2.54. The number of nitrogens with two attached hydrogens (primary N) is 1. The molecule has 0 aliphatic heterocycles. The molecule has 1 heterocycles. The molecule has 8 heteroatoms. The van der Waals surface area contributed by atoms with Crippen molar-refractivity contribution in [2.45, 2.75) is 50.3 Å². The van der Waals surface area contributed by atoms with Gasteiger partial charge in [-0.15, -0.1) is 0 Å². The van der Waals surface area contributed by atoms with Gasteiger partial charge in [0.15, 0.2) is 5.16 Å². The van der Waals surface area contributed by atoms with Gasteiger partial charge in [0.25, 0.3) is 0 Å². The van der Waals surface area contributed by atoms with Crippen LogP contribution in [-0.2, 0) is 14.3 Å². The summed E-state index contributed by atoms with van der Waals surface area (Å²) in [4.78, 5) is 31.5. The molecule has 126 valence electrons. The third kappa shape index (κ3) is 5.38. The van der Waals surface area contributed by atoms with E-state index in [1.165, 1.54) is 12.6 Å². The van der Waals surface area contributed by atoms with E-state index in [9.17, 15) is 9.59 Å². The van der Waals surface area contributed by atoms with Gasteiger partial charge in [0.2, 0.25) is 0 Å². The Bertz CT molecular complexity index is 562. The summed E-state index contributed by atoms with van der Waals surface area (Å²) >= 11 is 1.14. The van der Waals surface area contributed by atoms with Crippen molar-refractivity contribution in [2.75, 3.05) is 18.1 Å². The minimum Gasteiger partial charge on any atom is -0.462 e. The maximum Gasteiger partial charge on any atom is 0.343 e. The van der Waals surface area contributed by atoms with Crippen molar-refractivity contribution in [3.63, 3.8) is 0 Å². The van der Waals surface area contributed by atoms with Crippen molar-refractivity contribution < 1.29 is 19.1 Å². The number of esters is 2. The normalized spacial score (nSPS) is 15.2. The lowest BCUT2D eigenvalue weighted by atomic mass is 9.98. The Balaban J connectivity index is 1.84. The summed E-state index contributed by atoms with van der Waals surface area (Å²) in [7, 11) is 0. The molecular weight excluding hydrogens is 318 g/mol. The Hall–Kier alpha value is -1.83. The molecule has 2 N–H and O–H groups in total. The smallest absolute Gasteiger partial charge is 0.343 e. The number of nitrogen functional groups attached to an aromatic ring is 1. The number of ether oxygens (including phenoxy) is 2. The molecule has 1 aliphatic rings. The minimum absolute atomic E-state index is 0.0361. The highest BCUT2D eigenvalue weighted by molar-refractivity contribution is 7.99. The Morgan fingerprint density at radius 3 is 2.74 bits per heavy atom. The van der Waals surface area contributed by atoms with Gasteiger partial charge in [0.1, 0.15) is 17.5 Å². The molecular formula is C15H21N3O4S. The molecule has 0 unspecified atom stereocenters. The van der Waals surface area contributed by atoms with E-state index in [2.05, 4.69) is 9.97 Å². The summed E-state index contributed by atoms with van der Waals surface area (Å²) in [6.45, 7) is 1.96.